The van der Waals surface area contributed by atoms with Crippen LogP contribution in [0.2, 0.25) is 0 Å². The number of aryl methyl sites for hydroxylation is 1. The number of alkyl halides is 3. The van der Waals surface area contributed by atoms with Crippen LogP contribution in [-0.4, -0.2) is 28.4 Å². The molecule has 1 aliphatic carbocycles. The summed E-state index contributed by atoms with van der Waals surface area (Å²) in [6.45, 7) is 3.74. The minimum Gasteiger partial charge on any atom is -0.496 e. The molecule has 1 N–H and O–H groups in total. The SMILES string of the molecule is CCC(Oc1ccc(-c2noc(=O)[nH]2)c(OC)c1)c1oc([C@H]2CC[C@@H](C(F)(F)F)CC2)nc1C. The molecular formula is C23H26F3N3O5. The van der Waals surface area contributed by atoms with Crippen LogP contribution >= 0.6 is 0 Å². The zero-order chi connectivity index (χ0) is 24.5. The maximum Gasteiger partial charge on any atom is 0.439 e. The number of hydrogen-bond donors (Lipinski definition) is 1. The van der Waals surface area contributed by atoms with E-state index in [0.717, 1.165) is 0 Å². The van der Waals surface area contributed by atoms with Crippen molar-refractivity contribution in [3.63, 3.8) is 0 Å². The molecule has 2 aromatic heterocycles. The Morgan fingerprint density at radius 1 is 1.24 bits per heavy atom. The molecule has 1 saturated carbocycles. The van der Waals surface area contributed by atoms with Gasteiger partial charge in [-0.15, -0.1) is 0 Å². The second-order valence-electron chi connectivity index (χ2n) is 8.41. The molecule has 1 fully saturated rings. The summed E-state index contributed by atoms with van der Waals surface area (Å²) >= 11 is 0. The molecule has 1 unspecified atom stereocenters. The summed E-state index contributed by atoms with van der Waals surface area (Å²) in [5.41, 5.74) is 1.19. The second kappa shape index (κ2) is 9.55. The van der Waals surface area contributed by atoms with Crippen molar-refractivity contribution >= 4 is 0 Å². The van der Waals surface area contributed by atoms with E-state index in [4.69, 9.17) is 13.9 Å². The van der Waals surface area contributed by atoms with E-state index in [2.05, 4.69) is 19.6 Å². The van der Waals surface area contributed by atoms with Gasteiger partial charge in [-0.25, -0.2) is 9.78 Å². The van der Waals surface area contributed by atoms with Gasteiger partial charge in [-0.1, -0.05) is 12.1 Å². The monoisotopic (exact) mass is 481 g/mol. The van der Waals surface area contributed by atoms with Crippen LogP contribution in [0.4, 0.5) is 13.2 Å². The van der Waals surface area contributed by atoms with Crippen LogP contribution in [0, 0.1) is 12.8 Å². The van der Waals surface area contributed by atoms with Crippen molar-refractivity contribution in [2.75, 3.05) is 7.11 Å². The van der Waals surface area contributed by atoms with Crippen LogP contribution in [-0.2, 0) is 0 Å². The maximum atomic E-state index is 13.0. The van der Waals surface area contributed by atoms with Gasteiger partial charge in [0, 0.05) is 12.0 Å². The number of nitrogens with zero attached hydrogens (tertiary/aromatic N) is 2. The Balaban J connectivity index is 1.50. The summed E-state index contributed by atoms with van der Waals surface area (Å²) in [4.78, 5) is 18.3. The molecule has 0 aliphatic heterocycles. The number of methoxy groups -OCH3 is 1. The number of aromatic nitrogens is 3. The third kappa shape index (κ3) is 4.97. The van der Waals surface area contributed by atoms with Gasteiger partial charge in [0.15, 0.2) is 23.6 Å². The van der Waals surface area contributed by atoms with Gasteiger partial charge in [0.1, 0.15) is 11.5 Å². The first-order valence-corrected chi connectivity index (χ1v) is 11.1. The summed E-state index contributed by atoms with van der Waals surface area (Å²) in [7, 11) is 1.48. The van der Waals surface area contributed by atoms with Crippen molar-refractivity contribution in [3.8, 4) is 22.9 Å². The van der Waals surface area contributed by atoms with Gasteiger partial charge in [-0.2, -0.15) is 13.2 Å². The second-order valence-corrected chi connectivity index (χ2v) is 8.41. The van der Waals surface area contributed by atoms with Crippen molar-refractivity contribution in [3.05, 3.63) is 46.1 Å². The van der Waals surface area contributed by atoms with Crippen molar-refractivity contribution in [1.82, 2.24) is 15.1 Å². The molecule has 184 valence electrons. The predicted octanol–water partition coefficient (Wildman–Crippen LogP) is 5.70. The number of halogens is 3. The van der Waals surface area contributed by atoms with Crippen LogP contribution < -0.4 is 15.2 Å². The Hall–Kier alpha value is -3.24. The molecule has 11 heteroatoms. The highest BCUT2D eigenvalue weighted by Crippen LogP contribution is 2.43. The predicted molar refractivity (Wildman–Crippen MR) is 115 cm³/mol. The number of benzene rings is 1. The zero-order valence-electron chi connectivity index (χ0n) is 19.1. The molecule has 0 radical (unpaired) electrons. The van der Waals surface area contributed by atoms with E-state index in [1.165, 1.54) is 7.11 Å². The average molecular weight is 481 g/mol. The molecule has 1 aliphatic rings. The average Bonchev–Trinajstić information content (AvgIpc) is 3.42. The highest BCUT2D eigenvalue weighted by molar-refractivity contribution is 5.65. The van der Waals surface area contributed by atoms with E-state index >= 15 is 0 Å². The van der Waals surface area contributed by atoms with Gasteiger partial charge in [0.2, 0.25) is 0 Å². The van der Waals surface area contributed by atoms with Crippen molar-refractivity contribution < 1.29 is 31.6 Å². The molecule has 2 heterocycles. The zero-order valence-corrected chi connectivity index (χ0v) is 19.1. The smallest absolute Gasteiger partial charge is 0.439 e. The molecule has 0 bridgehead atoms. The normalized spacial score (nSPS) is 19.7. The molecule has 34 heavy (non-hydrogen) atoms. The minimum absolute atomic E-state index is 0.0849. The fraction of sp³-hybridized carbons (Fsp3) is 0.522. The van der Waals surface area contributed by atoms with Gasteiger partial charge in [0.25, 0.3) is 0 Å². The van der Waals surface area contributed by atoms with Crippen LogP contribution in [0.25, 0.3) is 11.4 Å². The van der Waals surface area contributed by atoms with Crippen molar-refractivity contribution in [2.45, 2.75) is 64.1 Å². The first-order chi connectivity index (χ1) is 16.2. The summed E-state index contributed by atoms with van der Waals surface area (Å²) in [6, 6.07) is 5.06. The first kappa shape index (κ1) is 23.9. The Morgan fingerprint density at radius 2 is 1.97 bits per heavy atom. The fourth-order valence-corrected chi connectivity index (χ4v) is 4.34. The van der Waals surface area contributed by atoms with E-state index in [0.29, 0.717) is 53.7 Å². The molecule has 1 aromatic carbocycles. The number of hydrogen-bond acceptors (Lipinski definition) is 7. The summed E-state index contributed by atoms with van der Waals surface area (Å²) in [6.07, 6.45) is -3.06. The number of H-pyrrole nitrogens is 1. The van der Waals surface area contributed by atoms with E-state index in [1.807, 2.05) is 6.92 Å². The Labute approximate surface area is 193 Å². The summed E-state index contributed by atoms with van der Waals surface area (Å²) < 4.78 is 61.1. The van der Waals surface area contributed by atoms with Crippen molar-refractivity contribution in [1.29, 1.82) is 0 Å². The molecule has 3 aromatic rings. The van der Waals surface area contributed by atoms with Crippen LogP contribution in [0.3, 0.4) is 0 Å². The van der Waals surface area contributed by atoms with Crippen LogP contribution in [0.5, 0.6) is 11.5 Å². The standard InChI is InChI=1S/C23H26F3N3O5/c1-4-17(32-15-9-10-16(18(11-15)31-3)20-28-22(30)34-29-20)19-12(2)27-21(33-19)13-5-7-14(8-6-13)23(24,25)26/h9-11,13-14,17H,4-8H2,1-3H3,(H,28,29,30)/t13-,14+,17?. The largest absolute Gasteiger partial charge is 0.496 e. The Morgan fingerprint density at radius 3 is 2.56 bits per heavy atom. The lowest BCUT2D eigenvalue weighted by Crippen LogP contribution is -2.27. The van der Waals surface area contributed by atoms with E-state index < -0.39 is 24.0 Å². The molecule has 0 saturated heterocycles. The fourth-order valence-electron chi connectivity index (χ4n) is 4.34. The van der Waals surface area contributed by atoms with E-state index in [-0.39, 0.29) is 24.6 Å². The third-order valence-corrected chi connectivity index (χ3v) is 6.20. The number of nitrogens with one attached hydrogen (secondary N) is 1. The number of oxazole rings is 1. The highest BCUT2D eigenvalue weighted by atomic mass is 19.4. The minimum atomic E-state index is -4.15. The quantitative estimate of drug-likeness (QED) is 0.462. The highest BCUT2D eigenvalue weighted by Gasteiger charge is 2.42. The Kier molecular flexibility index (Phi) is 6.72. The summed E-state index contributed by atoms with van der Waals surface area (Å²) in [5.74, 6) is 0.127. The number of rotatable bonds is 7. The van der Waals surface area contributed by atoms with Crippen LogP contribution in [0.1, 0.15) is 68.4 Å². The molecule has 0 spiro atoms. The van der Waals surface area contributed by atoms with Crippen molar-refractivity contribution in [2.24, 2.45) is 5.92 Å². The molecular weight excluding hydrogens is 455 g/mol. The first-order valence-electron chi connectivity index (χ1n) is 11.1. The van der Waals surface area contributed by atoms with E-state index in [9.17, 15) is 18.0 Å². The lowest BCUT2D eigenvalue weighted by atomic mass is 9.81. The molecule has 8 nitrogen and oxygen atoms in total. The maximum absolute atomic E-state index is 13.0. The Bertz CT molecular complexity index is 1180. The van der Waals surface area contributed by atoms with Crippen LogP contribution in [0.15, 0.2) is 31.9 Å². The topological polar surface area (TPSA) is 103 Å². The number of aromatic amines is 1. The lowest BCUT2D eigenvalue weighted by Gasteiger charge is -2.28. The molecule has 4 rings (SSSR count). The van der Waals surface area contributed by atoms with Gasteiger partial charge in [0.05, 0.1) is 24.3 Å². The van der Waals surface area contributed by atoms with Gasteiger partial charge < -0.3 is 13.9 Å². The van der Waals surface area contributed by atoms with Gasteiger partial charge in [-0.05, 0) is 51.2 Å². The van der Waals surface area contributed by atoms with Gasteiger partial charge in [-0.3, -0.25) is 9.51 Å². The molecule has 1 atom stereocenters. The lowest BCUT2D eigenvalue weighted by molar-refractivity contribution is -0.182. The molecule has 0 amide bonds. The van der Waals surface area contributed by atoms with E-state index in [1.54, 1.807) is 25.1 Å². The van der Waals surface area contributed by atoms with Gasteiger partial charge >= 0.3 is 11.9 Å². The third-order valence-electron chi connectivity index (χ3n) is 6.20. The summed E-state index contributed by atoms with van der Waals surface area (Å²) in [5, 5.41) is 3.68. The number of ether oxygens (including phenoxy) is 2.